The van der Waals surface area contributed by atoms with Gasteiger partial charge in [-0.2, -0.15) is 0 Å². The van der Waals surface area contributed by atoms with Crippen LogP contribution in [0.5, 0.6) is 0 Å². The SMILES string of the molecule is C=C(CCCC)C(=O)O.Cl.N.N. The molecule has 0 spiro atoms. The van der Waals surface area contributed by atoms with E-state index in [1.807, 2.05) is 6.92 Å². The van der Waals surface area contributed by atoms with Crippen LogP contribution in [0.25, 0.3) is 0 Å². The Morgan fingerprint density at radius 1 is 1.42 bits per heavy atom. The van der Waals surface area contributed by atoms with Crippen LogP contribution in [0.4, 0.5) is 0 Å². The minimum Gasteiger partial charge on any atom is -0.478 e. The highest BCUT2D eigenvalue weighted by Gasteiger charge is 2.00. The fourth-order valence-electron chi connectivity index (χ4n) is 0.497. The average Bonchev–Trinajstić information content (AvgIpc) is 1.82. The van der Waals surface area contributed by atoms with Crippen LogP contribution in [-0.2, 0) is 4.79 Å². The second-order valence-electron chi connectivity index (χ2n) is 2.01. The Kier molecular flexibility index (Phi) is 24.5. The largest absolute Gasteiger partial charge is 0.478 e. The quantitative estimate of drug-likeness (QED) is 0.604. The molecule has 0 aliphatic heterocycles. The van der Waals surface area contributed by atoms with Gasteiger partial charge in [0.25, 0.3) is 0 Å². The van der Waals surface area contributed by atoms with Crippen LogP contribution in [-0.4, -0.2) is 11.1 Å². The highest BCUT2D eigenvalue weighted by molar-refractivity contribution is 5.85. The molecule has 0 rings (SSSR count). The molecule has 0 aromatic heterocycles. The Morgan fingerprint density at radius 2 is 1.83 bits per heavy atom. The van der Waals surface area contributed by atoms with Gasteiger partial charge in [0.1, 0.15) is 0 Å². The van der Waals surface area contributed by atoms with Gasteiger partial charge in [0.2, 0.25) is 0 Å². The van der Waals surface area contributed by atoms with Crippen molar-refractivity contribution < 1.29 is 9.90 Å². The summed E-state index contributed by atoms with van der Waals surface area (Å²) >= 11 is 0. The Balaban J connectivity index is -0.000000107. The highest BCUT2D eigenvalue weighted by Crippen LogP contribution is 2.03. The monoisotopic (exact) mass is 198 g/mol. The van der Waals surface area contributed by atoms with Crippen LogP contribution >= 0.6 is 12.4 Å². The summed E-state index contributed by atoms with van der Waals surface area (Å²) in [6, 6.07) is 0. The molecule has 0 heterocycles. The Labute approximate surface area is 79.6 Å². The van der Waals surface area contributed by atoms with E-state index in [0.717, 1.165) is 12.8 Å². The zero-order chi connectivity index (χ0) is 7.28. The summed E-state index contributed by atoms with van der Waals surface area (Å²) < 4.78 is 0. The molecule has 0 bridgehead atoms. The van der Waals surface area contributed by atoms with E-state index in [1.165, 1.54) is 0 Å². The van der Waals surface area contributed by atoms with Gasteiger partial charge in [-0.05, 0) is 12.8 Å². The van der Waals surface area contributed by atoms with Gasteiger partial charge in [-0.15, -0.1) is 12.4 Å². The summed E-state index contributed by atoms with van der Waals surface area (Å²) in [4.78, 5) is 10.1. The van der Waals surface area contributed by atoms with Gasteiger partial charge in [0.15, 0.2) is 0 Å². The van der Waals surface area contributed by atoms with Crippen molar-refractivity contribution >= 4 is 18.4 Å². The molecule has 76 valence electrons. The molecule has 5 heteroatoms. The second-order valence-corrected chi connectivity index (χ2v) is 2.01. The number of carbonyl (C=O) groups is 1. The molecule has 0 unspecified atom stereocenters. The number of rotatable bonds is 4. The normalized spacial score (nSPS) is 6.75. The summed E-state index contributed by atoms with van der Waals surface area (Å²) in [6.45, 7) is 5.42. The molecule has 0 atom stereocenters. The zero-order valence-electron chi connectivity index (χ0n) is 7.51. The lowest BCUT2D eigenvalue weighted by atomic mass is 10.1. The molecule has 0 aromatic carbocycles. The molecule has 12 heavy (non-hydrogen) atoms. The van der Waals surface area contributed by atoms with Crippen LogP contribution < -0.4 is 12.3 Å². The molecule has 4 nitrogen and oxygen atoms in total. The minimum absolute atomic E-state index is 0. The second kappa shape index (κ2) is 13.0. The van der Waals surface area contributed by atoms with Crippen molar-refractivity contribution in [2.24, 2.45) is 0 Å². The lowest BCUT2D eigenvalue weighted by Gasteiger charge is -1.95. The maximum Gasteiger partial charge on any atom is 0.330 e. The molecule has 0 aliphatic rings. The predicted octanol–water partition coefficient (Wildman–Crippen LogP) is 2.56. The van der Waals surface area contributed by atoms with Gasteiger partial charge in [-0.25, -0.2) is 4.79 Å². The average molecular weight is 199 g/mol. The summed E-state index contributed by atoms with van der Waals surface area (Å²) in [5.41, 5.74) is 0.317. The number of aliphatic carboxylic acids is 1. The number of carboxylic acid groups (broad SMARTS) is 1. The van der Waals surface area contributed by atoms with Crippen LogP contribution in [0.15, 0.2) is 12.2 Å². The first-order valence-corrected chi connectivity index (χ1v) is 3.09. The first kappa shape index (κ1) is 22.5. The van der Waals surface area contributed by atoms with Gasteiger partial charge in [0.05, 0.1) is 0 Å². The maximum absolute atomic E-state index is 10.1. The van der Waals surface area contributed by atoms with E-state index in [2.05, 4.69) is 6.58 Å². The van der Waals surface area contributed by atoms with E-state index in [0.29, 0.717) is 12.0 Å². The van der Waals surface area contributed by atoms with E-state index in [9.17, 15) is 4.79 Å². The summed E-state index contributed by atoms with van der Waals surface area (Å²) in [5, 5.41) is 8.31. The number of hydrogen-bond donors (Lipinski definition) is 3. The third kappa shape index (κ3) is 12.1. The first-order chi connectivity index (χ1) is 4.18. The number of hydrogen-bond acceptors (Lipinski definition) is 3. The number of unbranched alkanes of at least 4 members (excludes halogenated alkanes) is 1. The topological polar surface area (TPSA) is 107 Å². The molecule has 0 radical (unpaired) electrons. The van der Waals surface area contributed by atoms with Crippen LogP contribution in [0.1, 0.15) is 26.2 Å². The van der Waals surface area contributed by atoms with Crippen molar-refractivity contribution in [2.75, 3.05) is 0 Å². The number of carboxylic acids is 1. The summed E-state index contributed by atoms with van der Waals surface area (Å²) in [6.07, 6.45) is 2.56. The standard InChI is InChI=1S/C7H12O2.ClH.2H3N/c1-3-4-5-6(2)7(8)9;;;/h2-5H2,1H3,(H,8,9);1H;2*1H3. The third-order valence-electron chi connectivity index (χ3n) is 1.13. The van der Waals surface area contributed by atoms with Crippen molar-refractivity contribution in [1.82, 2.24) is 12.3 Å². The maximum atomic E-state index is 10.1. The fraction of sp³-hybridized carbons (Fsp3) is 0.571. The molecular formula is C7H19ClN2O2. The zero-order valence-corrected chi connectivity index (χ0v) is 8.32. The molecular weight excluding hydrogens is 180 g/mol. The van der Waals surface area contributed by atoms with Gasteiger partial charge in [0, 0.05) is 5.57 Å². The van der Waals surface area contributed by atoms with Crippen molar-refractivity contribution in [3.63, 3.8) is 0 Å². The molecule has 7 N–H and O–H groups in total. The van der Waals surface area contributed by atoms with Crippen LogP contribution in [0.3, 0.4) is 0 Å². The van der Waals surface area contributed by atoms with Crippen LogP contribution in [0, 0.1) is 0 Å². The van der Waals surface area contributed by atoms with Gasteiger partial charge < -0.3 is 17.4 Å². The Hall–Kier alpha value is -0.580. The van der Waals surface area contributed by atoms with E-state index in [-0.39, 0.29) is 24.7 Å². The van der Waals surface area contributed by atoms with Gasteiger partial charge in [-0.1, -0.05) is 19.9 Å². The molecule has 0 saturated heterocycles. The van der Waals surface area contributed by atoms with E-state index >= 15 is 0 Å². The fourth-order valence-corrected chi connectivity index (χ4v) is 0.497. The molecule has 0 aliphatic carbocycles. The molecule has 0 saturated carbocycles. The Morgan fingerprint density at radius 3 is 2.08 bits per heavy atom. The lowest BCUT2D eigenvalue weighted by Crippen LogP contribution is -1.97. The lowest BCUT2D eigenvalue weighted by molar-refractivity contribution is -0.132. The summed E-state index contributed by atoms with van der Waals surface area (Å²) in [5.74, 6) is -0.872. The highest BCUT2D eigenvalue weighted by atomic mass is 35.5. The van der Waals surface area contributed by atoms with Crippen molar-refractivity contribution in [3.8, 4) is 0 Å². The van der Waals surface area contributed by atoms with E-state index in [1.54, 1.807) is 0 Å². The summed E-state index contributed by atoms with van der Waals surface area (Å²) in [7, 11) is 0. The van der Waals surface area contributed by atoms with E-state index in [4.69, 9.17) is 5.11 Å². The van der Waals surface area contributed by atoms with Crippen molar-refractivity contribution in [1.29, 1.82) is 0 Å². The number of halogens is 1. The Bertz CT molecular complexity index is 129. The molecule has 0 amide bonds. The van der Waals surface area contributed by atoms with E-state index < -0.39 is 5.97 Å². The third-order valence-corrected chi connectivity index (χ3v) is 1.13. The van der Waals surface area contributed by atoms with Crippen LogP contribution in [0.2, 0.25) is 0 Å². The first-order valence-electron chi connectivity index (χ1n) is 3.09. The van der Waals surface area contributed by atoms with Gasteiger partial charge in [-0.3, -0.25) is 0 Å². The van der Waals surface area contributed by atoms with Gasteiger partial charge >= 0.3 is 5.97 Å². The predicted molar refractivity (Wildman–Crippen MR) is 53.6 cm³/mol. The minimum atomic E-state index is -0.872. The molecule has 0 aromatic rings. The smallest absolute Gasteiger partial charge is 0.330 e. The molecule has 0 fully saturated rings. The van der Waals surface area contributed by atoms with Crippen molar-refractivity contribution in [2.45, 2.75) is 26.2 Å². The van der Waals surface area contributed by atoms with Crippen molar-refractivity contribution in [3.05, 3.63) is 12.2 Å².